The third-order valence-corrected chi connectivity index (χ3v) is 7.31. The van der Waals surface area contributed by atoms with Crippen molar-refractivity contribution in [1.29, 1.82) is 0 Å². The van der Waals surface area contributed by atoms with E-state index in [1.165, 1.54) is 0 Å². The van der Waals surface area contributed by atoms with E-state index in [0.717, 1.165) is 0 Å². The first-order valence-electron chi connectivity index (χ1n) is 13.4. The molecule has 2 rings (SSSR count). The van der Waals surface area contributed by atoms with Crippen LogP contribution in [0.3, 0.4) is 0 Å². The Morgan fingerprint density at radius 3 is 1.48 bits per heavy atom. The number of aliphatic hydroxyl groups excluding tert-OH is 7. The van der Waals surface area contributed by atoms with Crippen LogP contribution in [0.1, 0.15) is 25.7 Å². The van der Waals surface area contributed by atoms with Gasteiger partial charge in [0.25, 0.3) is 0 Å². The van der Waals surface area contributed by atoms with Gasteiger partial charge in [0.05, 0.1) is 6.61 Å². The van der Waals surface area contributed by atoms with E-state index in [1.807, 2.05) is 0 Å². The molecule has 0 aromatic heterocycles. The normalized spacial score (nSPS) is 33.1. The second-order valence-electron chi connectivity index (χ2n) is 10.7. The van der Waals surface area contributed by atoms with E-state index in [9.17, 15) is 97.6 Å². The molecule has 2 saturated heterocycles. The molecule has 2 heterocycles. The highest BCUT2D eigenvalue weighted by Crippen LogP contribution is 2.60. The van der Waals surface area contributed by atoms with Gasteiger partial charge >= 0.3 is 41.8 Å². The average Bonchev–Trinajstić information content (AvgIpc) is 2.98. The summed E-state index contributed by atoms with van der Waals surface area (Å²) < 4.78 is 191. The number of hydrogen-bond acceptors (Lipinski definition) is 12. The van der Waals surface area contributed by atoms with E-state index >= 15 is 0 Å². The van der Waals surface area contributed by atoms with Crippen LogP contribution in [-0.2, 0) is 23.7 Å². The molecule has 0 aromatic rings. The van der Waals surface area contributed by atoms with E-state index < -0.39 is 142 Å². The SMILES string of the molecule is O=C(CCCCC(F)(F)C(F)(F)C(F)(F)C(F)(F)C(F)(F)C(F)(F)F)OC[C@H]1O[C@H](O[C@H]2O[C@H](CO)[C@@H](O)[C@H](O)[C@H]2O)[C@H](O)[C@@H](O)[C@@H]1O. The number of carbonyl (C=O) groups excluding carboxylic acids is 1. The smallest absolute Gasteiger partial charge is 0.460 e. The van der Waals surface area contributed by atoms with Gasteiger partial charge in [0.15, 0.2) is 12.6 Å². The molecule has 0 aromatic carbocycles. The zero-order chi connectivity index (χ0) is 37.4. The maximum absolute atomic E-state index is 13.9. The van der Waals surface area contributed by atoms with Gasteiger partial charge in [0, 0.05) is 12.8 Å². The van der Waals surface area contributed by atoms with Crippen molar-refractivity contribution in [2.75, 3.05) is 13.2 Å². The lowest BCUT2D eigenvalue weighted by molar-refractivity contribution is -0.440. The van der Waals surface area contributed by atoms with Crippen LogP contribution in [0.15, 0.2) is 0 Å². The fourth-order valence-electron chi connectivity index (χ4n) is 4.30. The first-order chi connectivity index (χ1) is 21.6. The van der Waals surface area contributed by atoms with Gasteiger partial charge in [-0.1, -0.05) is 0 Å². The minimum atomic E-state index is -8.04. The Balaban J connectivity index is 1.96. The van der Waals surface area contributed by atoms with Crippen molar-refractivity contribution >= 4 is 5.97 Å². The largest absolute Gasteiger partial charge is 0.463 e. The lowest BCUT2D eigenvalue weighted by atomic mass is 9.91. The van der Waals surface area contributed by atoms with Crippen LogP contribution in [0.4, 0.5) is 57.1 Å². The minimum Gasteiger partial charge on any atom is -0.463 e. The van der Waals surface area contributed by atoms with Gasteiger partial charge in [-0.15, -0.1) is 0 Å². The van der Waals surface area contributed by atoms with Crippen molar-refractivity contribution in [3.05, 3.63) is 0 Å². The Kier molecular flexibility index (Phi) is 13.0. The number of hydrogen-bond donors (Lipinski definition) is 7. The van der Waals surface area contributed by atoms with Crippen molar-refractivity contribution in [3.8, 4) is 0 Å². The monoisotopic (exact) mass is 744 g/mol. The van der Waals surface area contributed by atoms with Crippen molar-refractivity contribution in [2.45, 2.75) is 123 Å². The molecule has 284 valence electrons. The Labute approximate surface area is 259 Å². The highest BCUT2D eigenvalue weighted by Gasteiger charge is 2.90. The quantitative estimate of drug-likeness (QED) is 0.0739. The molecule has 10 atom stereocenters. The molecular formula is C23H29F13O12. The summed E-state index contributed by atoms with van der Waals surface area (Å²) in [4.78, 5) is 12.0. The first-order valence-corrected chi connectivity index (χ1v) is 13.4. The van der Waals surface area contributed by atoms with Crippen LogP contribution in [0.5, 0.6) is 0 Å². The lowest BCUT2D eigenvalue weighted by Gasteiger charge is -2.44. The van der Waals surface area contributed by atoms with E-state index in [4.69, 9.17) is 14.2 Å². The minimum absolute atomic E-state index is 0.901. The number of esters is 1. The molecule has 0 bridgehead atoms. The van der Waals surface area contributed by atoms with Gasteiger partial charge in [-0.25, -0.2) is 0 Å². The molecule has 2 aliphatic rings. The predicted octanol–water partition coefficient (Wildman–Crippen LogP) is 0.453. The molecule has 25 heteroatoms. The predicted molar refractivity (Wildman–Crippen MR) is 122 cm³/mol. The maximum Gasteiger partial charge on any atom is 0.460 e. The summed E-state index contributed by atoms with van der Waals surface area (Å²) in [6.45, 7) is -1.95. The fourth-order valence-corrected chi connectivity index (χ4v) is 4.30. The number of alkyl halides is 13. The summed E-state index contributed by atoms with van der Waals surface area (Å²) >= 11 is 0. The van der Waals surface area contributed by atoms with E-state index in [1.54, 1.807) is 0 Å². The summed E-state index contributed by atoms with van der Waals surface area (Å²) in [6, 6.07) is 0. The molecule has 48 heavy (non-hydrogen) atoms. The maximum atomic E-state index is 13.9. The number of rotatable bonds is 14. The number of aliphatic hydroxyl groups is 7. The van der Waals surface area contributed by atoms with Gasteiger partial charge in [0.1, 0.15) is 55.4 Å². The molecule has 2 fully saturated rings. The molecule has 2 aliphatic heterocycles. The summed E-state index contributed by atoms with van der Waals surface area (Å²) in [5.74, 6) is -39.1. The number of unbranched alkanes of at least 4 members (excludes halogenated alkanes) is 1. The molecule has 12 nitrogen and oxygen atoms in total. The third-order valence-electron chi connectivity index (χ3n) is 7.31. The highest BCUT2D eigenvalue weighted by molar-refractivity contribution is 5.69. The second kappa shape index (κ2) is 14.8. The summed E-state index contributed by atoms with van der Waals surface area (Å²) in [5, 5.41) is 69.2. The van der Waals surface area contributed by atoms with Gasteiger partial charge in [-0.3, -0.25) is 4.79 Å². The first kappa shape index (κ1) is 42.3. The van der Waals surface area contributed by atoms with Crippen LogP contribution in [-0.4, -0.2) is 152 Å². The molecule has 0 spiro atoms. The van der Waals surface area contributed by atoms with Crippen LogP contribution < -0.4 is 0 Å². The molecule has 0 aliphatic carbocycles. The Morgan fingerprint density at radius 2 is 1.02 bits per heavy atom. The molecule has 0 unspecified atom stereocenters. The van der Waals surface area contributed by atoms with Gasteiger partial charge in [-0.2, -0.15) is 57.1 Å². The fraction of sp³-hybridized carbons (Fsp3) is 0.957. The van der Waals surface area contributed by atoms with Crippen molar-refractivity contribution in [2.24, 2.45) is 0 Å². The van der Waals surface area contributed by atoms with Gasteiger partial charge in [-0.05, 0) is 12.8 Å². The number of carbonyl (C=O) groups is 1. The number of ether oxygens (including phenoxy) is 4. The topological polar surface area (TPSA) is 196 Å². The van der Waals surface area contributed by atoms with Crippen molar-refractivity contribution in [3.63, 3.8) is 0 Å². The van der Waals surface area contributed by atoms with Crippen LogP contribution in [0, 0.1) is 0 Å². The Bertz CT molecular complexity index is 1080. The molecule has 7 N–H and O–H groups in total. The van der Waals surface area contributed by atoms with Crippen molar-refractivity contribution in [1.82, 2.24) is 0 Å². The molecular weight excluding hydrogens is 715 g/mol. The highest BCUT2D eigenvalue weighted by atomic mass is 19.4. The second-order valence-corrected chi connectivity index (χ2v) is 10.7. The van der Waals surface area contributed by atoms with Crippen LogP contribution in [0.25, 0.3) is 0 Å². The molecule has 0 saturated carbocycles. The number of halogens is 13. The molecule has 0 amide bonds. The van der Waals surface area contributed by atoms with Crippen LogP contribution in [0.2, 0.25) is 0 Å². The van der Waals surface area contributed by atoms with E-state index in [-0.39, 0.29) is 0 Å². The average molecular weight is 744 g/mol. The molecule has 0 radical (unpaired) electrons. The Morgan fingerprint density at radius 1 is 0.583 bits per heavy atom. The zero-order valence-corrected chi connectivity index (χ0v) is 23.6. The van der Waals surface area contributed by atoms with Crippen molar-refractivity contribution < 1.29 is 117 Å². The lowest BCUT2D eigenvalue weighted by Crippen LogP contribution is -2.70. The van der Waals surface area contributed by atoms with E-state index in [2.05, 4.69) is 4.74 Å². The third kappa shape index (κ3) is 7.88. The van der Waals surface area contributed by atoms with Gasteiger partial charge in [0.2, 0.25) is 0 Å². The summed E-state index contributed by atoms with van der Waals surface area (Å²) in [6.07, 6.45) is -32.9. The summed E-state index contributed by atoms with van der Waals surface area (Å²) in [5.41, 5.74) is 0. The van der Waals surface area contributed by atoms with E-state index in [0.29, 0.717) is 0 Å². The zero-order valence-electron chi connectivity index (χ0n) is 23.6. The van der Waals surface area contributed by atoms with Gasteiger partial charge < -0.3 is 54.7 Å². The summed E-state index contributed by atoms with van der Waals surface area (Å²) in [7, 11) is 0. The Hall–Kier alpha value is -1.84. The standard InChI is InChI=1S/C23H29F13O12/c24-18(25,19(26,27)20(28,29)21(30,31)22(32,33)23(34,35)36)4-2-1-3-9(38)45-6-8-11(40)13(42)15(44)17(47-8)48-16-14(43)12(41)10(39)7(5-37)46-16/h7-8,10-17,37,39-44H,1-6H2/t7-,8-,10-,11-,12+,13+,14-,15-,16-,17-/m1/s1. The van der Waals surface area contributed by atoms with Crippen LogP contribution >= 0.6 is 0 Å².